The van der Waals surface area contributed by atoms with Crippen LogP contribution in [0.5, 0.6) is 0 Å². The summed E-state index contributed by atoms with van der Waals surface area (Å²) in [6, 6.07) is 0. The van der Waals surface area contributed by atoms with Gasteiger partial charge in [0, 0.05) is 29.8 Å². The van der Waals surface area contributed by atoms with Crippen LogP contribution in [0.2, 0.25) is 0 Å². The van der Waals surface area contributed by atoms with Gasteiger partial charge in [-0.1, -0.05) is 6.92 Å². The van der Waals surface area contributed by atoms with Crippen molar-refractivity contribution in [3.8, 4) is 0 Å². The molecule has 19 heavy (non-hydrogen) atoms. The molecule has 4 nitrogen and oxygen atoms in total. The lowest BCUT2D eigenvalue weighted by atomic mass is 9.77. The van der Waals surface area contributed by atoms with Crippen LogP contribution >= 0.6 is 0 Å². The van der Waals surface area contributed by atoms with E-state index in [1.54, 1.807) is 0 Å². The lowest BCUT2D eigenvalue weighted by Gasteiger charge is -2.55. The Balaban J connectivity index is 2.18. The third-order valence-corrected chi connectivity index (χ3v) is 4.26. The molecule has 2 N–H and O–H groups in total. The second kappa shape index (κ2) is 4.99. The van der Waals surface area contributed by atoms with Crippen molar-refractivity contribution in [2.24, 2.45) is 5.92 Å². The van der Waals surface area contributed by atoms with Gasteiger partial charge in [0.2, 0.25) is 0 Å². The van der Waals surface area contributed by atoms with Crippen molar-refractivity contribution in [1.29, 1.82) is 0 Å². The van der Waals surface area contributed by atoms with Crippen molar-refractivity contribution in [2.45, 2.75) is 76.9 Å². The second-order valence-electron chi connectivity index (χ2n) is 7.48. The molecule has 2 rings (SSSR count). The van der Waals surface area contributed by atoms with E-state index in [1.165, 1.54) is 0 Å². The van der Waals surface area contributed by atoms with E-state index in [1.807, 2.05) is 0 Å². The van der Waals surface area contributed by atoms with E-state index < -0.39 is 5.79 Å². The summed E-state index contributed by atoms with van der Waals surface area (Å²) in [5.74, 6) is -0.242. The van der Waals surface area contributed by atoms with Gasteiger partial charge in [0.25, 0.3) is 0 Å². The highest BCUT2D eigenvalue weighted by molar-refractivity contribution is 5.03. The van der Waals surface area contributed by atoms with E-state index >= 15 is 0 Å². The van der Waals surface area contributed by atoms with Gasteiger partial charge in [-0.2, -0.15) is 0 Å². The number of rotatable bonds is 2. The van der Waals surface area contributed by atoms with Crippen molar-refractivity contribution >= 4 is 0 Å². The molecule has 2 heterocycles. The quantitative estimate of drug-likeness (QED) is 0.807. The van der Waals surface area contributed by atoms with Gasteiger partial charge in [0.15, 0.2) is 5.79 Å². The largest absolute Gasteiger partial charge is 0.394 e. The van der Waals surface area contributed by atoms with Crippen molar-refractivity contribution in [2.75, 3.05) is 13.2 Å². The second-order valence-corrected chi connectivity index (χ2v) is 7.48. The fourth-order valence-corrected chi connectivity index (χ4v) is 3.94. The first kappa shape index (κ1) is 15.2. The third kappa shape index (κ3) is 3.30. The van der Waals surface area contributed by atoms with Crippen LogP contribution in [-0.4, -0.2) is 41.3 Å². The Kier molecular flexibility index (Phi) is 4.00. The summed E-state index contributed by atoms with van der Waals surface area (Å²) in [4.78, 5) is 0. The van der Waals surface area contributed by atoms with Gasteiger partial charge < -0.3 is 19.9 Å². The summed E-state index contributed by atoms with van der Waals surface area (Å²) < 4.78 is 12.4. The minimum Gasteiger partial charge on any atom is -0.394 e. The maximum Gasteiger partial charge on any atom is 0.172 e. The molecule has 0 radical (unpaired) electrons. The molecule has 0 aromatic heterocycles. The summed E-state index contributed by atoms with van der Waals surface area (Å²) in [6.45, 7) is 11.6. The van der Waals surface area contributed by atoms with Gasteiger partial charge >= 0.3 is 0 Å². The zero-order valence-corrected chi connectivity index (χ0v) is 13.0. The Bertz CT molecular complexity index is 311. The van der Waals surface area contributed by atoms with Gasteiger partial charge in [-0.15, -0.1) is 0 Å². The van der Waals surface area contributed by atoms with Crippen LogP contribution in [0.25, 0.3) is 0 Å². The summed E-state index contributed by atoms with van der Waals surface area (Å²) >= 11 is 0. The molecule has 0 saturated carbocycles. The van der Waals surface area contributed by atoms with Crippen molar-refractivity contribution < 1.29 is 14.6 Å². The highest BCUT2D eigenvalue weighted by Crippen LogP contribution is 2.43. The van der Waals surface area contributed by atoms with Gasteiger partial charge in [-0.3, -0.25) is 0 Å². The molecule has 0 aromatic rings. The van der Waals surface area contributed by atoms with Gasteiger partial charge in [0.1, 0.15) is 0 Å². The topological polar surface area (TPSA) is 50.7 Å². The first-order valence-electron chi connectivity index (χ1n) is 7.43. The number of aliphatic hydroxyl groups is 1. The van der Waals surface area contributed by atoms with Crippen LogP contribution < -0.4 is 5.32 Å². The molecule has 2 atom stereocenters. The average molecular weight is 271 g/mol. The lowest BCUT2D eigenvalue weighted by Crippen LogP contribution is -2.67. The summed E-state index contributed by atoms with van der Waals surface area (Å²) in [5, 5.41) is 13.2. The molecule has 0 aliphatic carbocycles. The van der Waals surface area contributed by atoms with Crippen molar-refractivity contribution in [1.82, 2.24) is 5.32 Å². The standard InChI is InChI=1S/C15H29NO3/c1-6-11-8-18-15(19-12(11)7-17)9-13(2,3)16-14(4,5)10-15/h11-12,16-17H,6-10H2,1-5H3. The smallest absolute Gasteiger partial charge is 0.172 e. The number of hydrogen-bond acceptors (Lipinski definition) is 4. The van der Waals surface area contributed by atoms with Crippen LogP contribution in [0.15, 0.2) is 0 Å². The average Bonchev–Trinajstić information content (AvgIpc) is 2.24. The van der Waals surface area contributed by atoms with Gasteiger partial charge in [-0.05, 0) is 34.1 Å². The molecule has 1 spiro atoms. The maximum absolute atomic E-state index is 9.57. The zero-order chi connectivity index (χ0) is 14.3. The predicted octanol–water partition coefficient (Wildman–Crippen LogP) is 2.06. The molecule has 4 heteroatoms. The molecule has 2 aliphatic heterocycles. The Labute approximate surface area is 116 Å². The van der Waals surface area contributed by atoms with Gasteiger partial charge in [0.05, 0.1) is 19.3 Å². The SMILES string of the molecule is CCC1COC2(CC(C)(C)NC(C)(C)C2)OC1CO. The fourth-order valence-electron chi connectivity index (χ4n) is 3.94. The van der Waals surface area contributed by atoms with E-state index in [-0.39, 0.29) is 23.8 Å². The molecule has 0 bridgehead atoms. The maximum atomic E-state index is 9.57. The lowest BCUT2D eigenvalue weighted by molar-refractivity contribution is -0.339. The molecule has 2 aliphatic rings. The number of aliphatic hydroxyl groups excluding tert-OH is 1. The highest BCUT2D eigenvalue weighted by Gasteiger charge is 2.52. The van der Waals surface area contributed by atoms with Crippen molar-refractivity contribution in [3.63, 3.8) is 0 Å². The van der Waals surface area contributed by atoms with Crippen LogP contribution in [0.3, 0.4) is 0 Å². The third-order valence-electron chi connectivity index (χ3n) is 4.26. The Morgan fingerprint density at radius 1 is 1.16 bits per heavy atom. The summed E-state index contributed by atoms with van der Waals surface area (Å²) in [6.07, 6.45) is 2.52. The van der Waals surface area contributed by atoms with Gasteiger partial charge in [-0.25, -0.2) is 0 Å². The Hall–Kier alpha value is -0.160. The monoisotopic (exact) mass is 271 g/mol. The number of piperidine rings is 1. The van der Waals surface area contributed by atoms with Crippen LogP contribution in [0, 0.1) is 5.92 Å². The van der Waals surface area contributed by atoms with E-state index in [4.69, 9.17) is 9.47 Å². The molecule has 0 aromatic carbocycles. The zero-order valence-electron chi connectivity index (χ0n) is 13.0. The Morgan fingerprint density at radius 2 is 1.74 bits per heavy atom. The van der Waals surface area contributed by atoms with Crippen LogP contribution in [0.4, 0.5) is 0 Å². The molecule has 2 fully saturated rings. The number of ether oxygens (including phenoxy) is 2. The first-order valence-corrected chi connectivity index (χ1v) is 7.43. The van der Waals surface area contributed by atoms with E-state index in [2.05, 4.69) is 39.9 Å². The molecular weight excluding hydrogens is 242 g/mol. The number of hydrogen-bond donors (Lipinski definition) is 2. The molecular formula is C15H29NO3. The minimum absolute atomic E-state index is 0.0270. The normalized spacial score (nSPS) is 36.3. The van der Waals surface area contributed by atoms with Crippen molar-refractivity contribution in [3.05, 3.63) is 0 Å². The number of nitrogens with one attached hydrogen (secondary N) is 1. The van der Waals surface area contributed by atoms with E-state index in [9.17, 15) is 5.11 Å². The summed E-state index contributed by atoms with van der Waals surface area (Å²) in [5.41, 5.74) is -0.0540. The fraction of sp³-hybridized carbons (Fsp3) is 1.00. The van der Waals surface area contributed by atoms with Crippen LogP contribution in [-0.2, 0) is 9.47 Å². The van der Waals surface area contributed by atoms with E-state index in [0.717, 1.165) is 19.3 Å². The molecule has 0 amide bonds. The minimum atomic E-state index is -0.544. The first-order chi connectivity index (χ1) is 8.71. The molecule has 2 saturated heterocycles. The Morgan fingerprint density at radius 3 is 2.21 bits per heavy atom. The molecule has 2 unspecified atom stereocenters. The molecule has 112 valence electrons. The predicted molar refractivity (Wildman–Crippen MR) is 75.0 cm³/mol. The summed E-state index contributed by atoms with van der Waals surface area (Å²) in [7, 11) is 0. The van der Waals surface area contributed by atoms with Crippen LogP contribution in [0.1, 0.15) is 53.9 Å². The highest BCUT2D eigenvalue weighted by atomic mass is 16.7. The van der Waals surface area contributed by atoms with E-state index in [0.29, 0.717) is 12.5 Å².